The standard InChI is InChI=1S/C11H17/c1-11(2)8-5-7-3-4-9(7)10(11)6-8/h7-8,10H,3-6H2,1-2H3/q+1/t7-,8+,10+/m0/s1. The topological polar surface area (TPSA) is 0 Å². The minimum atomic E-state index is 0.701. The monoisotopic (exact) mass is 149 g/mol. The third-order valence-corrected chi connectivity index (χ3v) is 4.79. The maximum absolute atomic E-state index is 2.48. The van der Waals surface area contributed by atoms with Crippen molar-refractivity contribution in [3.05, 3.63) is 5.92 Å². The van der Waals surface area contributed by atoms with Crippen molar-refractivity contribution in [2.24, 2.45) is 23.2 Å². The van der Waals surface area contributed by atoms with Crippen LogP contribution in [0.25, 0.3) is 0 Å². The van der Waals surface area contributed by atoms with E-state index in [-0.39, 0.29) is 0 Å². The van der Waals surface area contributed by atoms with E-state index in [1.54, 1.807) is 12.8 Å². The number of rotatable bonds is 0. The van der Waals surface area contributed by atoms with Crippen LogP contribution in [0, 0.1) is 29.1 Å². The normalized spacial score (nSPS) is 50.7. The molecule has 0 aromatic heterocycles. The van der Waals surface area contributed by atoms with Gasteiger partial charge < -0.3 is 0 Å². The predicted octanol–water partition coefficient (Wildman–Crippen LogP) is 3.04. The average molecular weight is 149 g/mol. The van der Waals surface area contributed by atoms with Crippen LogP contribution in [0.5, 0.6) is 0 Å². The van der Waals surface area contributed by atoms with Crippen LogP contribution in [0.15, 0.2) is 0 Å². The van der Waals surface area contributed by atoms with Crippen molar-refractivity contribution >= 4 is 0 Å². The first-order valence-electron chi connectivity index (χ1n) is 5.05. The molecule has 0 saturated heterocycles. The highest BCUT2D eigenvalue weighted by molar-refractivity contribution is 5.23. The van der Waals surface area contributed by atoms with Gasteiger partial charge in [0, 0.05) is 11.8 Å². The van der Waals surface area contributed by atoms with Crippen molar-refractivity contribution in [1.82, 2.24) is 0 Å². The number of hydrogen-bond acceptors (Lipinski definition) is 0. The molecule has 2 bridgehead atoms. The summed E-state index contributed by atoms with van der Waals surface area (Å²) in [5, 5.41) is 0. The van der Waals surface area contributed by atoms with Gasteiger partial charge in [0.2, 0.25) is 0 Å². The Bertz CT molecular complexity index is 192. The van der Waals surface area contributed by atoms with Gasteiger partial charge in [0.05, 0.1) is 12.3 Å². The Morgan fingerprint density at radius 2 is 2.09 bits per heavy atom. The van der Waals surface area contributed by atoms with Gasteiger partial charge in [-0.05, 0) is 18.8 Å². The van der Waals surface area contributed by atoms with Gasteiger partial charge in [-0.1, -0.05) is 13.8 Å². The average Bonchev–Trinajstić information content (AvgIpc) is 1.90. The Hall–Kier alpha value is -0.130. The van der Waals surface area contributed by atoms with Crippen LogP contribution >= 0.6 is 0 Å². The van der Waals surface area contributed by atoms with Gasteiger partial charge in [-0.25, -0.2) is 0 Å². The highest BCUT2D eigenvalue weighted by Crippen LogP contribution is 2.68. The molecule has 0 aromatic rings. The van der Waals surface area contributed by atoms with E-state index in [1.165, 1.54) is 12.8 Å². The summed E-state index contributed by atoms with van der Waals surface area (Å²) in [6.45, 7) is 4.96. The van der Waals surface area contributed by atoms with E-state index >= 15 is 0 Å². The molecule has 0 heteroatoms. The molecular formula is C11H17+. The SMILES string of the molecule is CC1(C)[C@@H]2C[C@@H]3CC[C+]3[C@H]1C2. The fourth-order valence-electron chi connectivity index (χ4n) is 3.63. The zero-order valence-electron chi connectivity index (χ0n) is 7.56. The van der Waals surface area contributed by atoms with Crippen LogP contribution in [0.4, 0.5) is 0 Å². The molecule has 0 amide bonds. The van der Waals surface area contributed by atoms with Gasteiger partial charge in [0.1, 0.15) is 11.8 Å². The highest BCUT2D eigenvalue weighted by Gasteiger charge is 2.67. The molecule has 4 rings (SSSR count). The lowest BCUT2D eigenvalue weighted by Crippen LogP contribution is -2.57. The molecule has 0 unspecified atom stereocenters. The lowest BCUT2D eigenvalue weighted by atomic mass is 9.39. The third-order valence-electron chi connectivity index (χ3n) is 4.79. The summed E-state index contributed by atoms with van der Waals surface area (Å²) >= 11 is 0. The molecular weight excluding hydrogens is 132 g/mol. The van der Waals surface area contributed by atoms with Crippen molar-refractivity contribution in [2.45, 2.75) is 39.5 Å². The Morgan fingerprint density at radius 3 is 2.45 bits per heavy atom. The first-order chi connectivity index (χ1) is 5.19. The van der Waals surface area contributed by atoms with Gasteiger partial charge in [-0.15, -0.1) is 0 Å². The number of hydrogen-bond donors (Lipinski definition) is 0. The lowest BCUT2D eigenvalue weighted by molar-refractivity contribution is -0.0945. The van der Waals surface area contributed by atoms with E-state index in [9.17, 15) is 0 Å². The quantitative estimate of drug-likeness (QED) is 0.464. The molecule has 4 aliphatic rings. The molecule has 0 nitrogen and oxygen atoms in total. The minimum Gasteiger partial charge on any atom is -0.0553 e. The molecule has 11 heavy (non-hydrogen) atoms. The van der Waals surface area contributed by atoms with Gasteiger partial charge in [0.15, 0.2) is 0 Å². The smallest absolute Gasteiger partial charge is 0.0553 e. The second-order valence-corrected chi connectivity index (χ2v) is 5.35. The maximum atomic E-state index is 2.48. The molecule has 4 saturated carbocycles. The molecule has 0 spiro atoms. The van der Waals surface area contributed by atoms with Crippen molar-refractivity contribution in [1.29, 1.82) is 0 Å². The molecule has 4 fully saturated rings. The lowest BCUT2D eigenvalue weighted by Gasteiger charge is -2.58. The van der Waals surface area contributed by atoms with E-state index < -0.39 is 0 Å². The van der Waals surface area contributed by atoms with E-state index in [0.29, 0.717) is 5.41 Å². The van der Waals surface area contributed by atoms with Crippen molar-refractivity contribution in [2.75, 3.05) is 0 Å². The van der Waals surface area contributed by atoms with E-state index in [1.807, 2.05) is 5.92 Å². The molecule has 0 heterocycles. The molecule has 60 valence electrons. The molecule has 4 aliphatic carbocycles. The van der Waals surface area contributed by atoms with Crippen molar-refractivity contribution < 1.29 is 0 Å². The zero-order chi connectivity index (χ0) is 7.64. The largest absolute Gasteiger partial charge is 0.106 e. The second-order valence-electron chi connectivity index (χ2n) is 5.35. The summed E-state index contributed by atoms with van der Waals surface area (Å²) in [6, 6.07) is 0. The van der Waals surface area contributed by atoms with E-state index in [2.05, 4.69) is 13.8 Å². The highest BCUT2D eigenvalue weighted by atomic mass is 14.6. The summed E-state index contributed by atoms with van der Waals surface area (Å²) in [6.07, 6.45) is 6.08. The van der Waals surface area contributed by atoms with Crippen LogP contribution in [0.3, 0.4) is 0 Å². The Labute approximate surface area is 69.4 Å². The van der Waals surface area contributed by atoms with E-state index in [0.717, 1.165) is 17.8 Å². The second kappa shape index (κ2) is 1.62. The van der Waals surface area contributed by atoms with Crippen molar-refractivity contribution in [3.8, 4) is 0 Å². The first kappa shape index (κ1) is 6.39. The van der Waals surface area contributed by atoms with Crippen LogP contribution in [0.1, 0.15) is 39.5 Å². The van der Waals surface area contributed by atoms with Crippen LogP contribution in [-0.4, -0.2) is 0 Å². The Balaban J connectivity index is 1.88. The molecule has 0 radical (unpaired) electrons. The Kier molecular flexibility index (Phi) is 0.944. The minimum absolute atomic E-state index is 0.701. The summed E-state index contributed by atoms with van der Waals surface area (Å²) in [7, 11) is 0. The van der Waals surface area contributed by atoms with Crippen molar-refractivity contribution in [3.63, 3.8) is 0 Å². The van der Waals surface area contributed by atoms with E-state index in [4.69, 9.17) is 0 Å². The summed E-state index contributed by atoms with van der Waals surface area (Å²) in [4.78, 5) is 0. The molecule has 3 atom stereocenters. The fraction of sp³-hybridized carbons (Fsp3) is 0.909. The first-order valence-corrected chi connectivity index (χ1v) is 5.05. The molecule has 0 N–H and O–H groups in total. The fourth-order valence-corrected chi connectivity index (χ4v) is 3.63. The summed E-state index contributed by atoms with van der Waals surface area (Å²) in [5.74, 6) is 5.17. The third kappa shape index (κ3) is 0.566. The van der Waals surface area contributed by atoms with Gasteiger partial charge >= 0.3 is 0 Å². The van der Waals surface area contributed by atoms with Crippen LogP contribution in [0.2, 0.25) is 0 Å². The summed E-state index contributed by atoms with van der Waals surface area (Å²) in [5.41, 5.74) is 0.701. The summed E-state index contributed by atoms with van der Waals surface area (Å²) < 4.78 is 0. The molecule has 0 aromatic carbocycles. The Morgan fingerprint density at radius 1 is 1.27 bits per heavy atom. The maximum Gasteiger partial charge on any atom is 0.106 e. The van der Waals surface area contributed by atoms with Crippen LogP contribution < -0.4 is 0 Å². The zero-order valence-corrected chi connectivity index (χ0v) is 7.56. The van der Waals surface area contributed by atoms with Gasteiger partial charge in [0.25, 0.3) is 0 Å². The van der Waals surface area contributed by atoms with Crippen LogP contribution in [-0.2, 0) is 0 Å². The molecule has 0 aliphatic heterocycles. The van der Waals surface area contributed by atoms with Gasteiger partial charge in [-0.3, -0.25) is 0 Å². The predicted molar refractivity (Wildman–Crippen MR) is 46.0 cm³/mol. The van der Waals surface area contributed by atoms with Gasteiger partial charge in [-0.2, -0.15) is 0 Å².